The van der Waals surface area contributed by atoms with Crippen molar-refractivity contribution in [1.29, 1.82) is 0 Å². The molecule has 0 aliphatic heterocycles. The molecular weight excluding hydrogens is 260 g/mol. The summed E-state index contributed by atoms with van der Waals surface area (Å²) in [4.78, 5) is 16.8. The van der Waals surface area contributed by atoms with Gasteiger partial charge in [0.2, 0.25) is 0 Å². The summed E-state index contributed by atoms with van der Waals surface area (Å²) in [5.41, 5.74) is 7.59. The predicted molar refractivity (Wildman–Crippen MR) is 75.3 cm³/mol. The zero-order chi connectivity index (χ0) is 13.8. The van der Waals surface area contributed by atoms with E-state index in [1.54, 1.807) is 12.3 Å². The topological polar surface area (TPSA) is 65.2 Å². The normalized spacial score (nSPS) is 10.2. The third-order valence-corrected chi connectivity index (χ3v) is 3.55. The molecule has 0 unspecified atom stereocenters. The van der Waals surface area contributed by atoms with Crippen LogP contribution in [0.3, 0.4) is 0 Å². The maximum atomic E-state index is 11.7. The van der Waals surface area contributed by atoms with Gasteiger partial charge in [-0.2, -0.15) is 0 Å². The highest BCUT2D eigenvalue weighted by Crippen LogP contribution is 2.30. The summed E-state index contributed by atoms with van der Waals surface area (Å²) in [6.07, 6.45) is 1.73. The van der Waals surface area contributed by atoms with Gasteiger partial charge in [-0.05, 0) is 36.8 Å². The number of nitrogens with zero attached hydrogens (tertiary/aromatic N) is 1. The molecule has 1 heterocycles. The van der Waals surface area contributed by atoms with Crippen molar-refractivity contribution < 1.29 is 9.53 Å². The van der Waals surface area contributed by atoms with Crippen LogP contribution in [0.2, 0.25) is 0 Å². The van der Waals surface area contributed by atoms with Crippen LogP contribution in [0, 0.1) is 6.92 Å². The highest BCUT2D eigenvalue weighted by molar-refractivity contribution is 7.99. The molecule has 1 aromatic carbocycles. The highest BCUT2D eigenvalue weighted by Gasteiger charge is 2.14. The Hall–Kier alpha value is -2.01. The number of ether oxygens (including phenoxy) is 1. The second-order valence-electron chi connectivity index (χ2n) is 3.96. The lowest BCUT2D eigenvalue weighted by Gasteiger charge is -2.09. The van der Waals surface area contributed by atoms with E-state index in [1.165, 1.54) is 18.9 Å². The lowest BCUT2D eigenvalue weighted by Crippen LogP contribution is -2.07. The van der Waals surface area contributed by atoms with Gasteiger partial charge in [0.1, 0.15) is 5.03 Å². The molecule has 0 saturated heterocycles. The molecule has 0 amide bonds. The van der Waals surface area contributed by atoms with Crippen molar-refractivity contribution in [3.63, 3.8) is 0 Å². The summed E-state index contributed by atoms with van der Waals surface area (Å²) < 4.78 is 4.73. The number of nitrogens with two attached hydrogens (primary N) is 1. The van der Waals surface area contributed by atoms with E-state index < -0.39 is 5.97 Å². The average molecular weight is 274 g/mol. The monoisotopic (exact) mass is 274 g/mol. The Morgan fingerprint density at radius 2 is 2.16 bits per heavy atom. The van der Waals surface area contributed by atoms with Gasteiger partial charge in [-0.15, -0.1) is 0 Å². The van der Waals surface area contributed by atoms with Crippen molar-refractivity contribution in [2.75, 3.05) is 12.8 Å². The smallest absolute Gasteiger partial charge is 0.340 e. The molecule has 0 spiro atoms. The van der Waals surface area contributed by atoms with E-state index in [-0.39, 0.29) is 0 Å². The Bertz CT molecular complexity index is 600. The Morgan fingerprint density at radius 1 is 1.37 bits per heavy atom. The molecule has 0 saturated carbocycles. The molecule has 98 valence electrons. The largest absolute Gasteiger partial charge is 0.465 e. The van der Waals surface area contributed by atoms with Crippen LogP contribution in [0.4, 0.5) is 5.69 Å². The van der Waals surface area contributed by atoms with Crippen LogP contribution in [-0.4, -0.2) is 18.1 Å². The summed E-state index contributed by atoms with van der Waals surface area (Å²) in [5.74, 6) is -0.427. The molecule has 2 N–H and O–H groups in total. The molecule has 19 heavy (non-hydrogen) atoms. The Labute approximate surface area is 116 Å². The minimum atomic E-state index is -0.427. The quantitative estimate of drug-likeness (QED) is 0.688. The number of rotatable bonds is 3. The van der Waals surface area contributed by atoms with Crippen molar-refractivity contribution in [3.8, 4) is 0 Å². The minimum Gasteiger partial charge on any atom is -0.465 e. The molecule has 0 radical (unpaired) electrons. The van der Waals surface area contributed by atoms with Crippen molar-refractivity contribution in [2.24, 2.45) is 0 Å². The van der Waals surface area contributed by atoms with Gasteiger partial charge in [-0.1, -0.05) is 17.8 Å². The van der Waals surface area contributed by atoms with Gasteiger partial charge in [-0.25, -0.2) is 9.78 Å². The number of methoxy groups -OCH3 is 1. The van der Waals surface area contributed by atoms with Gasteiger partial charge in [-0.3, -0.25) is 0 Å². The molecule has 0 fully saturated rings. The number of esters is 1. The number of pyridine rings is 1. The summed E-state index contributed by atoms with van der Waals surface area (Å²) >= 11 is 1.48. The third kappa shape index (κ3) is 3.06. The van der Waals surface area contributed by atoms with E-state index in [0.717, 1.165) is 15.5 Å². The molecule has 0 atom stereocenters. The van der Waals surface area contributed by atoms with Gasteiger partial charge in [0.05, 0.1) is 12.7 Å². The van der Waals surface area contributed by atoms with Crippen molar-refractivity contribution in [3.05, 3.63) is 47.7 Å². The molecule has 1 aromatic heterocycles. The number of aryl methyl sites for hydroxylation is 1. The summed E-state index contributed by atoms with van der Waals surface area (Å²) in [7, 11) is 1.34. The molecule has 0 aliphatic carbocycles. The molecular formula is C14H14N2O2S. The third-order valence-electron chi connectivity index (χ3n) is 2.63. The fraction of sp³-hybridized carbons (Fsp3) is 0.143. The van der Waals surface area contributed by atoms with Crippen LogP contribution in [0.1, 0.15) is 15.9 Å². The van der Waals surface area contributed by atoms with Gasteiger partial charge < -0.3 is 10.5 Å². The van der Waals surface area contributed by atoms with Crippen LogP contribution in [-0.2, 0) is 4.74 Å². The van der Waals surface area contributed by atoms with E-state index in [4.69, 9.17) is 10.5 Å². The number of aromatic nitrogens is 1. The van der Waals surface area contributed by atoms with Crippen molar-refractivity contribution >= 4 is 23.4 Å². The predicted octanol–water partition coefficient (Wildman–Crippen LogP) is 2.91. The lowest BCUT2D eigenvalue weighted by atomic mass is 10.1. The summed E-state index contributed by atoms with van der Waals surface area (Å²) in [6, 6.07) is 9.35. The van der Waals surface area contributed by atoms with E-state index >= 15 is 0 Å². The molecule has 2 aromatic rings. The van der Waals surface area contributed by atoms with E-state index in [1.807, 2.05) is 31.2 Å². The minimum absolute atomic E-state index is 0.390. The maximum Gasteiger partial charge on any atom is 0.340 e. The standard InChI is InChI=1S/C14H14N2O2S/c1-9-7-10(19-12-5-3-4-6-16-12)8-11(13(9)15)14(17)18-2/h3-8H,15H2,1-2H3. The van der Waals surface area contributed by atoms with Crippen LogP contribution in [0.25, 0.3) is 0 Å². The second kappa shape index (κ2) is 5.75. The van der Waals surface area contributed by atoms with E-state index in [2.05, 4.69) is 4.98 Å². The zero-order valence-electron chi connectivity index (χ0n) is 10.7. The summed E-state index contributed by atoms with van der Waals surface area (Å²) in [6.45, 7) is 1.87. The van der Waals surface area contributed by atoms with Crippen molar-refractivity contribution in [2.45, 2.75) is 16.8 Å². The highest BCUT2D eigenvalue weighted by atomic mass is 32.2. The number of hydrogen-bond acceptors (Lipinski definition) is 5. The number of anilines is 1. The first-order chi connectivity index (χ1) is 9.11. The number of carbonyl (C=O) groups excluding carboxylic acids is 1. The van der Waals surface area contributed by atoms with Gasteiger partial charge >= 0.3 is 5.97 Å². The lowest BCUT2D eigenvalue weighted by molar-refractivity contribution is 0.0601. The first-order valence-corrected chi connectivity index (χ1v) is 6.51. The first-order valence-electron chi connectivity index (χ1n) is 5.69. The van der Waals surface area contributed by atoms with Crippen LogP contribution < -0.4 is 5.73 Å². The fourth-order valence-electron chi connectivity index (χ4n) is 1.63. The molecule has 4 nitrogen and oxygen atoms in total. The molecule has 2 rings (SSSR count). The molecule has 5 heteroatoms. The van der Waals surface area contributed by atoms with Gasteiger partial charge in [0, 0.05) is 16.8 Å². The Balaban J connectivity index is 2.37. The van der Waals surface area contributed by atoms with Crippen LogP contribution >= 0.6 is 11.8 Å². The van der Waals surface area contributed by atoms with Gasteiger partial charge in [0.15, 0.2) is 0 Å². The molecule has 0 aliphatic rings. The Kier molecular flexibility index (Phi) is 4.06. The van der Waals surface area contributed by atoms with Crippen LogP contribution in [0.5, 0.6) is 0 Å². The van der Waals surface area contributed by atoms with Crippen LogP contribution in [0.15, 0.2) is 46.5 Å². The number of benzene rings is 1. The summed E-state index contributed by atoms with van der Waals surface area (Å²) in [5, 5.41) is 0.863. The SMILES string of the molecule is COC(=O)c1cc(Sc2ccccn2)cc(C)c1N. The Morgan fingerprint density at radius 3 is 2.79 bits per heavy atom. The molecule has 0 bridgehead atoms. The van der Waals surface area contributed by atoms with Crippen molar-refractivity contribution in [1.82, 2.24) is 4.98 Å². The number of hydrogen-bond donors (Lipinski definition) is 1. The number of nitrogen functional groups attached to an aromatic ring is 1. The fourth-order valence-corrected chi connectivity index (χ4v) is 2.55. The van der Waals surface area contributed by atoms with E-state index in [0.29, 0.717) is 11.3 Å². The average Bonchev–Trinajstić information content (AvgIpc) is 2.43. The maximum absolute atomic E-state index is 11.7. The van der Waals surface area contributed by atoms with Gasteiger partial charge in [0.25, 0.3) is 0 Å². The number of carbonyl (C=O) groups is 1. The second-order valence-corrected chi connectivity index (χ2v) is 5.06. The van der Waals surface area contributed by atoms with E-state index in [9.17, 15) is 4.79 Å². The first kappa shape index (κ1) is 13.4. The zero-order valence-corrected chi connectivity index (χ0v) is 11.5.